The minimum Gasteiger partial charge on any atom is -0.395 e. The standard InChI is InChI=1S/C11H13BrClNO3S/c12-8-1-4-11(10(13)7-8)18(16,17)14(5-6-15)9-2-3-9/h1,4,7,9,15H,2-3,5-6H2. The van der Waals surface area contributed by atoms with Crippen molar-refractivity contribution in [3.05, 3.63) is 27.7 Å². The van der Waals surface area contributed by atoms with Crippen LogP contribution in [-0.2, 0) is 10.0 Å². The molecule has 100 valence electrons. The van der Waals surface area contributed by atoms with Crippen molar-refractivity contribution >= 4 is 37.6 Å². The average Bonchev–Trinajstić information content (AvgIpc) is 3.08. The molecule has 1 aliphatic carbocycles. The van der Waals surface area contributed by atoms with Crippen LogP contribution < -0.4 is 0 Å². The minimum absolute atomic E-state index is 0.00173. The summed E-state index contributed by atoms with van der Waals surface area (Å²) >= 11 is 9.22. The molecule has 0 spiro atoms. The Bertz CT molecular complexity index is 545. The lowest BCUT2D eigenvalue weighted by molar-refractivity contribution is 0.250. The molecule has 0 atom stereocenters. The zero-order valence-electron chi connectivity index (χ0n) is 9.51. The second-order valence-electron chi connectivity index (χ2n) is 4.15. The highest BCUT2D eigenvalue weighted by atomic mass is 79.9. The van der Waals surface area contributed by atoms with Gasteiger partial charge < -0.3 is 5.11 Å². The van der Waals surface area contributed by atoms with E-state index in [4.69, 9.17) is 16.7 Å². The molecule has 0 radical (unpaired) electrons. The second-order valence-corrected chi connectivity index (χ2v) is 7.33. The molecule has 0 aromatic heterocycles. The van der Waals surface area contributed by atoms with Gasteiger partial charge in [0.25, 0.3) is 0 Å². The molecule has 1 aliphatic rings. The van der Waals surface area contributed by atoms with Crippen LogP contribution in [0.4, 0.5) is 0 Å². The maximum Gasteiger partial charge on any atom is 0.244 e. The number of aliphatic hydroxyl groups is 1. The van der Waals surface area contributed by atoms with Gasteiger partial charge in [0.1, 0.15) is 4.90 Å². The van der Waals surface area contributed by atoms with E-state index in [-0.39, 0.29) is 29.1 Å². The molecule has 0 amide bonds. The minimum atomic E-state index is -3.63. The number of benzene rings is 1. The van der Waals surface area contributed by atoms with Crippen LogP contribution in [0.15, 0.2) is 27.6 Å². The first-order chi connectivity index (χ1) is 8.46. The van der Waals surface area contributed by atoms with Crippen molar-refractivity contribution in [1.82, 2.24) is 4.31 Å². The lowest BCUT2D eigenvalue weighted by Gasteiger charge is -2.21. The quantitative estimate of drug-likeness (QED) is 0.882. The fourth-order valence-corrected chi connectivity index (χ4v) is 4.46. The molecule has 1 aromatic carbocycles. The van der Waals surface area contributed by atoms with Crippen molar-refractivity contribution in [3.63, 3.8) is 0 Å². The van der Waals surface area contributed by atoms with Crippen LogP contribution in [0.3, 0.4) is 0 Å². The summed E-state index contributed by atoms with van der Waals surface area (Å²) in [6, 6.07) is 4.68. The molecule has 0 unspecified atom stereocenters. The van der Waals surface area contributed by atoms with Gasteiger partial charge in [0.2, 0.25) is 10.0 Å². The highest BCUT2D eigenvalue weighted by Crippen LogP contribution is 2.34. The summed E-state index contributed by atoms with van der Waals surface area (Å²) in [5.41, 5.74) is 0. The van der Waals surface area contributed by atoms with Crippen molar-refractivity contribution in [2.24, 2.45) is 0 Å². The topological polar surface area (TPSA) is 57.6 Å². The van der Waals surface area contributed by atoms with Gasteiger partial charge in [0.15, 0.2) is 0 Å². The first kappa shape index (κ1) is 14.3. The summed E-state index contributed by atoms with van der Waals surface area (Å²) < 4.78 is 27.0. The molecule has 4 nitrogen and oxygen atoms in total. The van der Waals surface area contributed by atoms with Gasteiger partial charge in [-0.1, -0.05) is 27.5 Å². The lowest BCUT2D eigenvalue weighted by Crippen LogP contribution is -2.35. The Morgan fingerprint density at radius 1 is 1.44 bits per heavy atom. The summed E-state index contributed by atoms with van der Waals surface area (Å²) in [5.74, 6) is 0. The second kappa shape index (κ2) is 5.46. The third-order valence-electron chi connectivity index (χ3n) is 2.76. The Balaban J connectivity index is 2.39. The monoisotopic (exact) mass is 353 g/mol. The molecule has 1 saturated carbocycles. The molecule has 2 rings (SSSR count). The molecule has 0 heterocycles. The van der Waals surface area contributed by atoms with Gasteiger partial charge in [0, 0.05) is 17.1 Å². The van der Waals surface area contributed by atoms with Gasteiger partial charge in [-0.15, -0.1) is 0 Å². The van der Waals surface area contributed by atoms with Crippen molar-refractivity contribution in [2.75, 3.05) is 13.2 Å². The first-order valence-electron chi connectivity index (χ1n) is 5.54. The third kappa shape index (κ3) is 2.88. The molecular formula is C11H13BrClNO3S. The van der Waals surface area contributed by atoms with E-state index in [1.54, 1.807) is 12.1 Å². The van der Waals surface area contributed by atoms with Gasteiger partial charge >= 0.3 is 0 Å². The summed E-state index contributed by atoms with van der Waals surface area (Å²) in [7, 11) is -3.63. The van der Waals surface area contributed by atoms with Crippen LogP contribution in [0.5, 0.6) is 0 Å². The van der Waals surface area contributed by atoms with Crippen LogP contribution in [0.1, 0.15) is 12.8 Å². The normalized spacial score (nSPS) is 16.2. The van der Waals surface area contributed by atoms with E-state index in [2.05, 4.69) is 15.9 Å². The van der Waals surface area contributed by atoms with Crippen molar-refractivity contribution in [1.29, 1.82) is 0 Å². The Labute approximate surface area is 120 Å². The third-order valence-corrected chi connectivity index (χ3v) is 5.68. The van der Waals surface area contributed by atoms with E-state index in [0.717, 1.165) is 17.3 Å². The molecular weight excluding hydrogens is 342 g/mol. The number of hydrogen-bond donors (Lipinski definition) is 1. The van der Waals surface area contributed by atoms with Crippen molar-refractivity contribution in [2.45, 2.75) is 23.8 Å². The molecule has 0 aliphatic heterocycles. The molecule has 7 heteroatoms. The van der Waals surface area contributed by atoms with Crippen LogP contribution >= 0.6 is 27.5 Å². The Morgan fingerprint density at radius 2 is 2.11 bits per heavy atom. The summed E-state index contributed by atoms with van der Waals surface area (Å²) in [6.07, 6.45) is 1.68. The van der Waals surface area contributed by atoms with Crippen LogP contribution in [0.2, 0.25) is 5.02 Å². The van der Waals surface area contributed by atoms with Crippen LogP contribution in [0, 0.1) is 0 Å². The smallest absolute Gasteiger partial charge is 0.244 e. The van der Waals surface area contributed by atoms with Crippen molar-refractivity contribution in [3.8, 4) is 0 Å². The Morgan fingerprint density at radius 3 is 2.61 bits per heavy atom. The van der Waals surface area contributed by atoms with E-state index in [1.807, 2.05) is 0 Å². The summed E-state index contributed by atoms with van der Waals surface area (Å²) in [5, 5.41) is 9.18. The summed E-state index contributed by atoms with van der Waals surface area (Å²) in [4.78, 5) is 0.0905. The number of nitrogens with zero attached hydrogens (tertiary/aromatic N) is 1. The van der Waals surface area contributed by atoms with Gasteiger partial charge in [-0.05, 0) is 31.0 Å². The molecule has 1 fully saturated rings. The van der Waals surface area contributed by atoms with Gasteiger partial charge in [-0.25, -0.2) is 8.42 Å². The number of rotatable bonds is 5. The van der Waals surface area contributed by atoms with E-state index >= 15 is 0 Å². The zero-order chi connectivity index (χ0) is 13.3. The molecule has 0 saturated heterocycles. The average molecular weight is 355 g/mol. The number of aliphatic hydroxyl groups excluding tert-OH is 1. The maximum absolute atomic E-state index is 12.5. The number of halogens is 2. The highest BCUT2D eigenvalue weighted by Gasteiger charge is 2.38. The summed E-state index contributed by atoms with van der Waals surface area (Å²) in [6.45, 7) is -0.0801. The number of hydrogen-bond acceptors (Lipinski definition) is 3. The lowest BCUT2D eigenvalue weighted by atomic mass is 10.4. The van der Waals surface area contributed by atoms with E-state index in [1.165, 1.54) is 10.4 Å². The highest BCUT2D eigenvalue weighted by molar-refractivity contribution is 9.10. The fraction of sp³-hybridized carbons (Fsp3) is 0.455. The zero-order valence-corrected chi connectivity index (χ0v) is 12.7. The van der Waals surface area contributed by atoms with Gasteiger partial charge in [-0.2, -0.15) is 4.31 Å². The van der Waals surface area contributed by atoms with E-state index in [0.29, 0.717) is 0 Å². The first-order valence-corrected chi connectivity index (χ1v) is 8.15. The molecule has 1 N–H and O–H groups in total. The Kier molecular flexibility index (Phi) is 4.33. The van der Waals surface area contributed by atoms with E-state index < -0.39 is 10.0 Å². The number of sulfonamides is 1. The molecule has 1 aromatic rings. The molecule has 0 bridgehead atoms. The largest absolute Gasteiger partial charge is 0.395 e. The molecule has 18 heavy (non-hydrogen) atoms. The van der Waals surface area contributed by atoms with E-state index in [9.17, 15) is 8.42 Å². The van der Waals surface area contributed by atoms with Crippen LogP contribution in [0.25, 0.3) is 0 Å². The maximum atomic E-state index is 12.5. The van der Waals surface area contributed by atoms with Crippen molar-refractivity contribution < 1.29 is 13.5 Å². The van der Waals surface area contributed by atoms with Crippen LogP contribution in [-0.4, -0.2) is 37.0 Å². The SMILES string of the molecule is O=S(=O)(c1ccc(Br)cc1Cl)N(CCO)C1CC1. The van der Waals surface area contributed by atoms with Gasteiger partial charge in [-0.3, -0.25) is 0 Å². The predicted molar refractivity (Wildman–Crippen MR) is 73.2 cm³/mol. The predicted octanol–water partition coefficient (Wildman–Crippen LogP) is 2.25. The fourth-order valence-electron chi connectivity index (χ4n) is 1.77. The van der Waals surface area contributed by atoms with Gasteiger partial charge in [0.05, 0.1) is 11.6 Å². The Hall–Kier alpha value is -0.140.